The maximum Gasteiger partial charge on any atom is -0.0297 e. The molecule has 21 heavy (non-hydrogen) atoms. The summed E-state index contributed by atoms with van der Waals surface area (Å²) in [6.07, 6.45) is 18.3. The number of fused-ring (bicyclic) bond motifs is 1. The van der Waals surface area contributed by atoms with E-state index in [9.17, 15) is 0 Å². The largest absolute Gasteiger partial charge is 0.0617 e. The summed E-state index contributed by atoms with van der Waals surface area (Å²) < 4.78 is 0. The van der Waals surface area contributed by atoms with Crippen molar-refractivity contribution in [2.45, 2.75) is 97.8 Å². The fourth-order valence-electron chi connectivity index (χ4n) is 6.38. The van der Waals surface area contributed by atoms with Crippen molar-refractivity contribution >= 4 is 0 Å². The summed E-state index contributed by atoms with van der Waals surface area (Å²) in [5.41, 5.74) is 0.574. The third-order valence-corrected chi connectivity index (χ3v) is 8.10. The molecule has 0 heterocycles. The molecule has 122 valence electrons. The lowest BCUT2D eigenvalue weighted by Crippen LogP contribution is -2.42. The van der Waals surface area contributed by atoms with Crippen molar-refractivity contribution in [3.63, 3.8) is 0 Å². The topological polar surface area (TPSA) is 0 Å². The van der Waals surface area contributed by atoms with Gasteiger partial charge in [0.1, 0.15) is 0 Å². The van der Waals surface area contributed by atoms with Crippen molar-refractivity contribution in [2.24, 2.45) is 35.0 Å². The van der Waals surface area contributed by atoms with E-state index < -0.39 is 0 Å². The average Bonchev–Trinajstić information content (AvgIpc) is 2.54. The molecule has 0 bridgehead atoms. The Morgan fingerprint density at radius 2 is 1.33 bits per heavy atom. The molecule has 4 atom stereocenters. The molecule has 0 saturated heterocycles. The van der Waals surface area contributed by atoms with Crippen LogP contribution in [0.25, 0.3) is 0 Å². The summed E-state index contributed by atoms with van der Waals surface area (Å²) in [5.74, 6) is 5.17. The quantitative estimate of drug-likeness (QED) is 0.534. The van der Waals surface area contributed by atoms with Crippen molar-refractivity contribution in [3.05, 3.63) is 0 Å². The van der Waals surface area contributed by atoms with Crippen molar-refractivity contribution < 1.29 is 0 Å². The summed E-state index contributed by atoms with van der Waals surface area (Å²) in [6.45, 7) is 7.89. The molecule has 0 radical (unpaired) electrons. The molecule has 0 aliphatic heterocycles. The number of rotatable bonds is 3. The Morgan fingerprint density at radius 1 is 0.714 bits per heavy atom. The predicted molar refractivity (Wildman–Crippen MR) is 92.3 cm³/mol. The molecule has 0 aromatic heterocycles. The van der Waals surface area contributed by atoms with Gasteiger partial charge in [-0.2, -0.15) is 0 Å². The van der Waals surface area contributed by atoms with Crippen LogP contribution < -0.4 is 0 Å². The summed E-state index contributed by atoms with van der Waals surface area (Å²) in [7, 11) is 0. The van der Waals surface area contributed by atoms with E-state index in [-0.39, 0.29) is 0 Å². The first-order chi connectivity index (χ1) is 10.1. The van der Waals surface area contributed by atoms with Crippen molar-refractivity contribution in [2.75, 3.05) is 0 Å². The molecule has 3 aliphatic carbocycles. The monoisotopic (exact) mass is 290 g/mol. The number of hydrogen-bond acceptors (Lipinski definition) is 0. The van der Waals surface area contributed by atoms with Crippen LogP contribution in [0.5, 0.6) is 0 Å². The van der Waals surface area contributed by atoms with E-state index in [1.54, 1.807) is 25.7 Å². The van der Waals surface area contributed by atoms with Crippen LogP contribution in [0.4, 0.5) is 0 Å². The predicted octanol–water partition coefficient (Wildman–Crippen LogP) is 6.84. The lowest BCUT2D eigenvalue weighted by atomic mass is 9.54. The highest BCUT2D eigenvalue weighted by molar-refractivity contribution is 4.94. The molecule has 0 aromatic carbocycles. The minimum Gasteiger partial charge on any atom is -0.0617 e. The van der Waals surface area contributed by atoms with Gasteiger partial charge in [-0.3, -0.25) is 0 Å². The highest BCUT2D eigenvalue weighted by atomic mass is 14.5. The van der Waals surface area contributed by atoms with E-state index in [2.05, 4.69) is 20.8 Å². The zero-order valence-electron chi connectivity index (χ0n) is 14.9. The maximum atomic E-state index is 2.64. The van der Waals surface area contributed by atoms with E-state index in [1.807, 2.05) is 0 Å². The summed E-state index contributed by atoms with van der Waals surface area (Å²) in [4.78, 5) is 0. The molecule has 0 spiro atoms. The van der Waals surface area contributed by atoms with Gasteiger partial charge < -0.3 is 0 Å². The fraction of sp³-hybridized carbons (Fsp3) is 1.00. The molecule has 0 nitrogen and oxygen atoms in total. The summed E-state index contributed by atoms with van der Waals surface area (Å²) in [5, 5.41) is 0. The Labute approximate surface area is 133 Å². The van der Waals surface area contributed by atoms with Crippen molar-refractivity contribution in [1.82, 2.24) is 0 Å². The lowest BCUT2D eigenvalue weighted by Gasteiger charge is -2.51. The second kappa shape index (κ2) is 6.63. The highest BCUT2D eigenvalue weighted by Gasteiger charge is 2.44. The second-order valence-corrected chi connectivity index (χ2v) is 9.25. The number of hydrogen-bond donors (Lipinski definition) is 0. The summed E-state index contributed by atoms with van der Waals surface area (Å²) in [6, 6.07) is 0. The second-order valence-electron chi connectivity index (χ2n) is 9.25. The van der Waals surface area contributed by atoms with Gasteiger partial charge in [-0.05, 0) is 60.7 Å². The minimum atomic E-state index is 0.574. The Balaban J connectivity index is 1.71. The zero-order valence-corrected chi connectivity index (χ0v) is 14.9. The lowest BCUT2D eigenvalue weighted by molar-refractivity contribution is -0.0119. The van der Waals surface area contributed by atoms with Crippen LogP contribution in [0.15, 0.2) is 0 Å². The van der Waals surface area contributed by atoms with Crippen LogP contribution in [0.3, 0.4) is 0 Å². The van der Waals surface area contributed by atoms with E-state index >= 15 is 0 Å². The minimum absolute atomic E-state index is 0.574. The Hall–Kier alpha value is 0. The SMILES string of the molecule is CC(C1CCCC2CCCCC21)C(C)(C)C1CCCCC1. The molecule has 0 N–H and O–H groups in total. The fourth-order valence-corrected chi connectivity index (χ4v) is 6.38. The van der Waals surface area contributed by atoms with Gasteiger partial charge in [-0.15, -0.1) is 0 Å². The molecule has 3 saturated carbocycles. The molecule has 3 aliphatic rings. The average molecular weight is 291 g/mol. The van der Waals surface area contributed by atoms with Gasteiger partial charge in [0, 0.05) is 0 Å². The Kier molecular flexibility index (Phi) is 5.01. The van der Waals surface area contributed by atoms with Crippen LogP contribution in [0.2, 0.25) is 0 Å². The van der Waals surface area contributed by atoms with Crippen LogP contribution in [0.1, 0.15) is 97.8 Å². The van der Waals surface area contributed by atoms with E-state index in [0.29, 0.717) is 5.41 Å². The maximum absolute atomic E-state index is 2.64. The normalized spacial score (nSPS) is 37.0. The first-order valence-electron chi connectivity index (χ1n) is 10.1. The third-order valence-electron chi connectivity index (χ3n) is 8.10. The highest BCUT2D eigenvalue weighted by Crippen LogP contribution is 2.53. The molecule has 0 aromatic rings. The first-order valence-corrected chi connectivity index (χ1v) is 10.1. The standard InChI is InChI=1S/C21H38/c1-16(21(2,3)18-12-5-4-6-13-18)19-15-9-11-17-10-7-8-14-20(17)19/h16-20H,4-15H2,1-3H3. The molecule has 0 amide bonds. The molecular weight excluding hydrogens is 252 g/mol. The van der Waals surface area contributed by atoms with Crippen LogP contribution >= 0.6 is 0 Å². The van der Waals surface area contributed by atoms with Crippen LogP contribution in [0, 0.1) is 35.0 Å². The molecule has 4 unspecified atom stereocenters. The van der Waals surface area contributed by atoms with Gasteiger partial charge in [0.25, 0.3) is 0 Å². The molecule has 3 rings (SSSR count). The van der Waals surface area contributed by atoms with Crippen molar-refractivity contribution in [1.29, 1.82) is 0 Å². The van der Waals surface area contributed by atoms with E-state index in [4.69, 9.17) is 0 Å². The molecule has 3 fully saturated rings. The third kappa shape index (κ3) is 3.20. The van der Waals surface area contributed by atoms with Gasteiger partial charge in [0.05, 0.1) is 0 Å². The van der Waals surface area contributed by atoms with Crippen molar-refractivity contribution in [3.8, 4) is 0 Å². The Bertz CT molecular complexity index is 321. The van der Waals surface area contributed by atoms with E-state index in [1.165, 1.54) is 51.4 Å². The molecular formula is C21H38. The zero-order chi connectivity index (χ0) is 14.9. The summed E-state index contributed by atoms with van der Waals surface area (Å²) >= 11 is 0. The van der Waals surface area contributed by atoms with Gasteiger partial charge >= 0.3 is 0 Å². The van der Waals surface area contributed by atoms with Crippen LogP contribution in [-0.4, -0.2) is 0 Å². The van der Waals surface area contributed by atoms with E-state index in [0.717, 1.165) is 29.6 Å². The van der Waals surface area contributed by atoms with Gasteiger partial charge in [-0.1, -0.05) is 72.1 Å². The van der Waals surface area contributed by atoms with Gasteiger partial charge in [0.15, 0.2) is 0 Å². The first kappa shape index (κ1) is 15.9. The van der Waals surface area contributed by atoms with Gasteiger partial charge in [-0.25, -0.2) is 0 Å². The van der Waals surface area contributed by atoms with Crippen LogP contribution in [-0.2, 0) is 0 Å². The Morgan fingerprint density at radius 3 is 2.10 bits per heavy atom. The smallest absolute Gasteiger partial charge is 0.0297 e. The molecule has 0 heteroatoms. The van der Waals surface area contributed by atoms with Gasteiger partial charge in [0.2, 0.25) is 0 Å².